The number of hydrogen-bond donors (Lipinski definition) is 0. The lowest BCUT2D eigenvalue weighted by atomic mass is 10.00. The average Bonchev–Trinajstić information content (AvgIpc) is 3.35. The van der Waals surface area contributed by atoms with Gasteiger partial charge in [0.2, 0.25) is 5.91 Å². The predicted molar refractivity (Wildman–Crippen MR) is 147 cm³/mol. The van der Waals surface area contributed by atoms with Gasteiger partial charge in [-0.05, 0) is 68.8 Å². The second-order valence-electron chi connectivity index (χ2n) is 10.0. The van der Waals surface area contributed by atoms with Crippen molar-refractivity contribution in [3.63, 3.8) is 0 Å². The summed E-state index contributed by atoms with van der Waals surface area (Å²) in [6.07, 6.45) is 6.29. The van der Waals surface area contributed by atoms with Crippen LogP contribution in [0.25, 0.3) is 22.3 Å². The smallest absolute Gasteiger partial charge is 0.225 e. The number of hydrogen-bond acceptors (Lipinski definition) is 5. The first-order valence-electron chi connectivity index (χ1n) is 13.4. The number of carbonyl (C=O) groups excluding carboxylic acids is 1. The Hall–Kier alpha value is -3.58. The number of likely N-dealkylation sites (tertiary alicyclic amines) is 1. The zero-order chi connectivity index (χ0) is 25.6. The third-order valence-electron chi connectivity index (χ3n) is 7.58. The summed E-state index contributed by atoms with van der Waals surface area (Å²) in [5.41, 5.74) is 4.35. The van der Waals surface area contributed by atoms with Gasteiger partial charge in [0.25, 0.3) is 0 Å². The van der Waals surface area contributed by atoms with Crippen molar-refractivity contribution in [2.45, 2.75) is 45.7 Å². The summed E-state index contributed by atoms with van der Waals surface area (Å²) in [7, 11) is 0. The average molecular weight is 497 g/mol. The molecule has 37 heavy (non-hydrogen) atoms. The van der Waals surface area contributed by atoms with E-state index in [9.17, 15) is 4.79 Å². The van der Waals surface area contributed by atoms with E-state index in [2.05, 4.69) is 79.8 Å². The number of benzene rings is 1. The molecule has 3 aromatic heterocycles. The Balaban J connectivity index is 1.21. The SMILES string of the molecule is CCN(CCC(C)C(=O)N1CCC(n2c(-c3ccccn3)cc3ccccc32)CC1)Cc1cccnn1. The molecule has 192 valence electrons. The Morgan fingerprint density at radius 2 is 1.86 bits per heavy atom. The first-order valence-corrected chi connectivity index (χ1v) is 13.4. The standard InChI is InChI=1S/C30H36N6O/c1-3-34(22-25-10-8-17-32-33-25)18-13-23(2)30(37)35-19-14-26(15-20-35)36-28-12-5-4-9-24(28)21-29(36)27-11-6-7-16-31-27/h4-12,16-17,21,23,26H,3,13-15,18-20,22H2,1-2H3. The van der Waals surface area contributed by atoms with Gasteiger partial charge in [-0.15, -0.1) is 0 Å². The third-order valence-corrected chi connectivity index (χ3v) is 7.58. The van der Waals surface area contributed by atoms with Crippen molar-refractivity contribution in [3.8, 4) is 11.4 Å². The normalized spacial score (nSPS) is 15.4. The number of aromatic nitrogens is 4. The van der Waals surface area contributed by atoms with Crippen LogP contribution in [-0.2, 0) is 11.3 Å². The summed E-state index contributed by atoms with van der Waals surface area (Å²) in [4.78, 5) is 22.4. The molecule has 1 saturated heterocycles. The quantitative estimate of drug-likeness (QED) is 0.318. The number of piperidine rings is 1. The van der Waals surface area contributed by atoms with Crippen molar-refractivity contribution in [1.29, 1.82) is 0 Å². The van der Waals surface area contributed by atoms with Gasteiger partial charge in [-0.25, -0.2) is 0 Å². The van der Waals surface area contributed by atoms with Crippen LogP contribution in [0.3, 0.4) is 0 Å². The fraction of sp³-hybridized carbons (Fsp3) is 0.400. The molecule has 5 rings (SSSR count). The number of para-hydroxylation sites is 1. The van der Waals surface area contributed by atoms with Crippen LogP contribution in [0.4, 0.5) is 0 Å². The summed E-state index contributed by atoms with van der Waals surface area (Å²) in [5, 5.41) is 9.41. The molecule has 0 bridgehead atoms. The van der Waals surface area contributed by atoms with E-state index in [-0.39, 0.29) is 11.8 Å². The fourth-order valence-corrected chi connectivity index (χ4v) is 5.43. The molecular formula is C30H36N6O. The molecule has 4 aromatic rings. The van der Waals surface area contributed by atoms with E-state index in [0.29, 0.717) is 6.04 Å². The molecule has 4 heterocycles. The lowest BCUT2D eigenvalue weighted by Gasteiger charge is -2.35. The highest BCUT2D eigenvalue weighted by molar-refractivity contribution is 5.86. The van der Waals surface area contributed by atoms with E-state index < -0.39 is 0 Å². The molecule has 1 unspecified atom stereocenters. The first kappa shape index (κ1) is 25.1. The molecular weight excluding hydrogens is 460 g/mol. The van der Waals surface area contributed by atoms with Gasteiger partial charge >= 0.3 is 0 Å². The van der Waals surface area contributed by atoms with Gasteiger partial charge in [-0.3, -0.25) is 14.7 Å². The van der Waals surface area contributed by atoms with Gasteiger partial charge in [0.05, 0.1) is 17.1 Å². The maximum Gasteiger partial charge on any atom is 0.225 e. The maximum absolute atomic E-state index is 13.3. The largest absolute Gasteiger partial charge is 0.342 e. The first-order chi connectivity index (χ1) is 18.1. The van der Waals surface area contributed by atoms with Crippen molar-refractivity contribution >= 4 is 16.8 Å². The zero-order valence-electron chi connectivity index (χ0n) is 21.8. The maximum atomic E-state index is 13.3. The highest BCUT2D eigenvalue weighted by atomic mass is 16.2. The van der Waals surface area contributed by atoms with Crippen molar-refractivity contribution in [2.75, 3.05) is 26.2 Å². The molecule has 1 amide bonds. The van der Waals surface area contributed by atoms with Crippen molar-refractivity contribution < 1.29 is 4.79 Å². The van der Waals surface area contributed by atoms with Crippen LogP contribution in [0, 0.1) is 5.92 Å². The number of amides is 1. The minimum Gasteiger partial charge on any atom is -0.342 e. The van der Waals surface area contributed by atoms with Crippen LogP contribution < -0.4 is 0 Å². The topological polar surface area (TPSA) is 67.2 Å². The molecule has 1 fully saturated rings. The van der Waals surface area contributed by atoms with E-state index in [1.807, 2.05) is 30.5 Å². The highest BCUT2D eigenvalue weighted by Gasteiger charge is 2.29. The molecule has 7 nitrogen and oxygen atoms in total. The van der Waals surface area contributed by atoms with E-state index in [4.69, 9.17) is 0 Å². The predicted octanol–water partition coefficient (Wildman–Crippen LogP) is 5.21. The molecule has 0 saturated carbocycles. The van der Waals surface area contributed by atoms with E-state index in [1.165, 1.54) is 10.9 Å². The highest BCUT2D eigenvalue weighted by Crippen LogP contribution is 2.35. The monoisotopic (exact) mass is 496 g/mol. The molecule has 0 radical (unpaired) electrons. The summed E-state index contributed by atoms with van der Waals surface area (Å²) in [5.74, 6) is 0.278. The lowest BCUT2D eigenvalue weighted by molar-refractivity contribution is -0.136. The Morgan fingerprint density at radius 3 is 2.59 bits per heavy atom. The zero-order valence-corrected chi connectivity index (χ0v) is 21.8. The van der Waals surface area contributed by atoms with Crippen molar-refractivity contribution in [2.24, 2.45) is 5.92 Å². The Kier molecular flexibility index (Phi) is 7.90. The number of pyridine rings is 1. The fourth-order valence-electron chi connectivity index (χ4n) is 5.43. The van der Waals surface area contributed by atoms with Gasteiger partial charge in [-0.2, -0.15) is 10.2 Å². The van der Waals surface area contributed by atoms with E-state index >= 15 is 0 Å². The lowest BCUT2D eigenvalue weighted by Crippen LogP contribution is -2.42. The van der Waals surface area contributed by atoms with Crippen LogP contribution in [0.1, 0.15) is 44.8 Å². The van der Waals surface area contributed by atoms with E-state index in [0.717, 1.165) is 69.1 Å². The molecule has 1 aromatic carbocycles. The molecule has 7 heteroatoms. The summed E-state index contributed by atoms with van der Waals surface area (Å²) in [6, 6.07) is 21.1. The number of nitrogens with zero attached hydrogens (tertiary/aromatic N) is 6. The summed E-state index contributed by atoms with van der Waals surface area (Å²) in [6.45, 7) is 8.37. The Bertz CT molecular complexity index is 1300. The Labute approximate surface area is 219 Å². The number of rotatable bonds is 9. The van der Waals surface area contributed by atoms with Crippen LogP contribution in [-0.4, -0.2) is 61.6 Å². The Morgan fingerprint density at radius 1 is 1.05 bits per heavy atom. The molecule has 0 spiro atoms. The third kappa shape index (κ3) is 5.72. The summed E-state index contributed by atoms with van der Waals surface area (Å²) < 4.78 is 2.45. The summed E-state index contributed by atoms with van der Waals surface area (Å²) >= 11 is 0. The molecule has 0 aliphatic carbocycles. The van der Waals surface area contributed by atoms with Gasteiger partial charge in [0, 0.05) is 54.9 Å². The van der Waals surface area contributed by atoms with Crippen LogP contribution >= 0.6 is 0 Å². The second-order valence-corrected chi connectivity index (χ2v) is 10.0. The van der Waals surface area contributed by atoms with Crippen LogP contribution in [0.2, 0.25) is 0 Å². The van der Waals surface area contributed by atoms with Gasteiger partial charge in [-0.1, -0.05) is 38.1 Å². The van der Waals surface area contributed by atoms with Crippen LogP contribution in [0.5, 0.6) is 0 Å². The molecule has 0 N–H and O–H groups in total. The number of carbonyl (C=O) groups is 1. The number of fused-ring (bicyclic) bond motifs is 1. The molecule has 1 aliphatic rings. The van der Waals surface area contributed by atoms with Crippen LogP contribution in [0.15, 0.2) is 73.1 Å². The van der Waals surface area contributed by atoms with Crippen molar-refractivity contribution in [3.05, 3.63) is 78.8 Å². The van der Waals surface area contributed by atoms with E-state index in [1.54, 1.807) is 6.20 Å². The molecule has 1 aliphatic heterocycles. The minimum atomic E-state index is 0.00365. The minimum absolute atomic E-state index is 0.00365. The second kappa shape index (κ2) is 11.6. The molecule has 1 atom stereocenters. The van der Waals surface area contributed by atoms with Crippen molar-refractivity contribution in [1.82, 2.24) is 29.5 Å². The van der Waals surface area contributed by atoms with Gasteiger partial charge in [0.1, 0.15) is 0 Å². The van der Waals surface area contributed by atoms with Gasteiger partial charge in [0.15, 0.2) is 0 Å². The van der Waals surface area contributed by atoms with Gasteiger partial charge < -0.3 is 9.47 Å².